The summed E-state index contributed by atoms with van der Waals surface area (Å²) in [5, 5.41) is 24.3. The summed E-state index contributed by atoms with van der Waals surface area (Å²) in [6.45, 7) is 1.42. The lowest BCUT2D eigenvalue weighted by molar-refractivity contribution is -0.116. The molecule has 2 aromatic rings. The number of hydrogen-bond donors (Lipinski definition) is 3. The van der Waals surface area contributed by atoms with Crippen molar-refractivity contribution in [2.24, 2.45) is 0 Å². The minimum atomic E-state index is -0.984. The number of piperidine rings is 1. The van der Waals surface area contributed by atoms with Crippen molar-refractivity contribution in [3.8, 4) is 5.88 Å². The molecular formula is C22H26FN3O4. The van der Waals surface area contributed by atoms with Crippen molar-refractivity contribution in [2.75, 3.05) is 32.1 Å². The standard InChI is InChI=1S/C22H26FN3O4/c1-30-20-7-2-14(12-24-20)22(29)8-10-26(11-9-22)13-18(27)16-3-5-17-15(21(16)23)4-6-19(28)25-17/h2-3,5,7,12,18,27,29H,4,6,8-11,13H2,1H3,(H,25,28). The minimum Gasteiger partial charge on any atom is -0.481 e. The first-order valence-electron chi connectivity index (χ1n) is 10.1. The molecule has 1 amide bonds. The second kappa shape index (κ2) is 8.29. The van der Waals surface area contributed by atoms with Crippen molar-refractivity contribution in [1.82, 2.24) is 9.88 Å². The number of fused-ring (bicyclic) bond motifs is 1. The number of ether oxygens (including phenoxy) is 1. The lowest BCUT2D eigenvalue weighted by Gasteiger charge is -2.39. The van der Waals surface area contributed by atoms with Crippen molar-refractivity contribution < 1.29 is 24.1 Å². The Kier molecular flexibility index (Phi) is 5.73. The van der Waals surface area contributed by atoms with Crippen molar-refractivity contribution in [1.29, 1.82) is 0 Å². The summed E-state index contributed by atoms with van der Waals surface area (Å²) in [5.41, 5.74) is 0.939. The number of pyridine rings is 1. The highest BCUT2D eigenvalue weighted by molar-refractivity contribution is 5.94. The zero-order valence-corrected chi connectivity index (χ0v) is 16.9. The number of carbonyl (C=O) groups is 1. The Morgan fingerprint density at radius 3 is 2.70 bits per heavy atom. The van der Waals surface area contributed by atoms with Crippen LogP contribution in [-0.4, -0.2) is 52.7 Å². The van der Waals surface area contributed by atoms with E-state index in [1.165, 1.54) is 6.07 Å². The molecule has 1 saturated heterocycles. The van der Waals surface area contributed by atoms with Crippen LogP contribution in [0.4, 0.5) is 10.1 Å². The average Bonchev–Trinajstić information content (AvgIpc) is 2.75. The molecule has 8 heteroatoms. The normalized spacial score (nSPS) is 19.7. The van der Waals surface area contributed by atoms with Gasteiger partial charge < -0.3 is 25.2 Å². The third kappa shape index (κ3) is 4.03. The molecule has 0 saturated carbocycles. The van der Waals surface area contributed by atoms with E-state index in [9.17, 15) is 19.4 Å². The summed E-state index contributed by atoms with van der Waals surface area (Å²) < 4.78 is 20.0. The number of aliphatic hydroxyl groups is 2. The Balaban J connectivity index is 1.40. The number of likely N-dealkylation sites (tertiary alicyclic amines) is 1. The van der Waals surface area contributed by atoms with Crippen LogP contribution in [0, 0.1) is 5.82 Å². The number of nitrogens with one attached hydrogen (secondary N) is 1. The number of hydrogen-bond acceptors (Lipinski definition) is 6. The summed E-state index contributed by atoms with van der Waals surface area (Å²) in [6.07, 6.45) is 2.21. The van der Waals surface area contributed by atoms with Gasteiger partial charge in [0.05, 0.1) is 18.8 Å². The number of halogens is 1. The first kappa shape index (κ1) is 20.7. The van der Waals surface area contributed by atoms with E-state index < -0.39 is 17.5 Å². The van der Waals surface area contributed by atoms with E-state index in [2.05, 4.69) is 10.3 Å². The van der Waals surface area contributed by atoms with E-state index in [4.69, 9.17) is 4.74 Å². The molecule has 1 atom stereocenters. The number of rotatable bonds is 5. The van der Waals surface area contributed by atoms with Gasteiger partial charge in [-0.15, -0.1) is 0 Å². The molecular weight excluding hydrogens is 389 g/mol. The number of anilines is 1. The molecule has 0 spiro atoms. The molecule has 7 nitrogen and oxygen atoms in total. The Morgan fingerprint density at radius 1 is 1.27 bits per heavy atom. The van der Waals surface area contributed by atoms with Crippen LogP contribution < -0.4 is 10.1 Å². The zero-order valence-electron chi connectivity index (χ0n) is 16.9. The molecule has 1 aromatic heterocycles. The van der Waals surface area contributed by atoms with Gasteiger partial charge >= 0.3 is 0 Å². The summed E-state index contributed by atoms with van der Waals surface area (Å²) in [5.74, 6) is -0.0737. The van der Waals surface area contributed by atoms with Crippen molar-refractivity contribution >= 4 is 11.6 Å². The number of carbonyl (C=O) groups excluding carboxylic acids is 1. The summed E-state index contributed by atoms with van der Waals surface area (Å²) >= 11 is 0. The number of benzene rings is 1. The highest BCUT2D eigenvalue weighted by Crippen LogP contribution is 2.35. The Bertz CT molecular complexity index is 927. The van der Waals surface area contributed by atoms with E-state index >= 15 is 0 Å². The molecule has 30 heavy (non-hydrogen) atoms. The van der Waals surface area contributed by atoms with Crippen molar-refractivity contribution in [3.05, 3.63) is 53.0 Å². The first-order valence-corrected chi connectivity index (χ1v) is 10.1. The molecule has 1 unspecified atom stereocenters. The molecule has 160 valence electrons. The smallest absolute Gasteiger partial charge is 0.224 e. The van der Waals surface area contributed by atoms with Crippen LogP contribution in [0.15, 0.2) is 30.5 Å². The SMILES string of the molecule is COc1ccc(C2(O)CCN(CC(O)c3ccc4c(c3F)CCC(=O)N4)CC2)cn1. The van der Waals surface area contributed by atoms with E-state index in [1.807, 2.05) is 11.0 Å². The lowest BCUT2D eigenvalue weighted by atomic mass is 9.85. The van der Waals surface area contributed by atoms with E-state index in [1.54, 1.807) is 25.4 Å². The summed E-state index contributed by atoms with van der Waals surface area (Å²) in [7, 11) is 1.54. The molecule has 2 aliphatic rings. The van der Waals surface area contributed by atoms with Crippen LogP contribution in [0.1, 0.15) is 42.1 Å². The molecule has 0 aliphatic carbocycles. The Labute approximate surface area is 174 Å². The molecule has 4 rings (SSSR count). The quantitative estimate of drug-likeness (QED) is 0.693. The zero-order chi connectivity index (χ0) is 21.3. The van der Waals surface area contributed by atoms with Crippen LogP contribution in [0.5, 0.6) is 5.88 Å². The topological polar surface area (TPSA) is 94.9 Å². The fourth-order valence-electron chi connectivity index (χ4n) is 4.22. The highest BCUT2D eigenvalue weighted by Gasteiger charge is 2.35. The van der Waals surface area contributed by atoms with Gasteiger partial charge in [0.1, 0.15) is 5.82 Å². The summed E-state index contributed by atoms with van der Waals surface area (Å²) in [4.78, 5) is 17.7. The van der Waals surface area contributed by atoms with Crippen LogP contribution in [0.25, 0.3) is 0 Å². The van der Waals surface area contributed by atoms with E-state index in [-0.39, 0.29) is 24.4 Å². The van der Waals surface area contributed by atoms with E-state index in [0.717, 1.165) is 5.56 Å². The maximum Gasteiger partial charge on any atom is 0.224 e. The van der Waals surface area contributed by atoms with Crippen LogP contribution in [0.2, 0.25) is 0 Å². The van der Waals surface area contributed by atoms with Gasteiger partial charge in [-0.3, -0.25) is 4.79 Å². The molecule has 0 bridgehead atoms. The molecule has 0 radical (unpaired) electrons. The molecule has 3 heterocycles. The van der Waals surface area contributed by atoms with Gasteiger partial charge in [-0.1, -0.05) is 6.07 Å². The van der Waals surface area contributed by atoms with Crippen molar-refractivity contribution in [3.63, 3.8) is 0 Å². The average molecular weight is 415 g/mol. The molecule has 2 aliphatic heterocycles. The largest absolute Gasteiger partial charge is 0.481 e. The Hall–Kier alpha value is -2.55. The molecule has 1 fully saturated rings. The maximum absolute atomic E-state index is 14.9. The van der Waals surface area contributed by atoms with Gasteiger partial charge in [-0.05, 0) is 31.4 Å². The maximum atomic E-state index is 14.9. The van der Waals surface area contributed by atoms with Crippen LogP contribution in [0.3, 0.4) is 0 Å². The third-order valence-corrected chi connectivity index (χ3v) is 6.11. The number of nitrogens with zero attached hydrogens (tertiary/aromatic N) is 2. The molecule has 3 N–H and O–H groups in total. The second-order valence-corrected chi connectivity index (χ2v) is 7.98. The number of amides is 1. The van der Waals surface area contributed by atoms with E-state index in [0.29, 0.717) is 49.5 Å². The predicted molar refractivity (Wildman–Crippen MR) is 109 cm³/mol. The van der Waals surface area contributed by atoms with Crippen LogP contribution >= 0.6 is 0 Å². The monoisotopic (exact) mass is 415 g/mol. The van der Waals surface area contributed by atoms with Gasteiger partial charge in [0, 0.05) is 60.7 Å². The summed E-state index contributed by atoms with van der Waals surface area (Å²) in [6, 6.07) is 6.73. The first-order chi connectivity index (χ1) is 14.4. The van der Waals surface area contributed by atoms with Gasteiger partial charge in [0.25, 0.3) is 0 Å². The van der Waals surface area contributed by atoms with Crippen LogP contribution in [-0.2, 0) is 16.8 Å². The van der Waals surface area contributed by atoms with Gasteiger partial charge in [0.15, 0.2) is 0 Å². The minimum absolute atomic E-state index is 0.122. The number of aromatic nitrogens is 1. The third-order valence-electron chi connectivity index (χ3n) is 6.11. The number of methoxy groups -OCH3 is 1. The number of aliphatic hydroxyl groups excluding tert-OH is 1. The second-order valence-electron chi connectivity index (χ2n) is 7.98. The van der Waals surface area contributed by atoms with Crippen molar-refractivity contribution in [2.45, 2.75) is 37.4 Å². The Morgan fingerprint density at radius 2 is 2.03 bits per heavy atom. The highest BCUT2D eigenvalue weighted by atomic mass is 19.1. The lowest BCUT2D eigenvalue weighted by Crippen LogP contribution is -2.44. The molecule has 1 aromatic carbocycles. The van der Waals surface area contributed by atoms with Gasteiger partial charge in [-0.2, -0.15) is 0 Å². The fraction of sp³-hybridized carbons (Fsp3) is 0.455. The van der Waals surface area contributed by atoms with Gasteiger partial charge in [0.2, 0.25) is 11.8 Å². The van der Waals surface area contributed by atoms with Gasteiger partial charge in [-0.25, -0.2) is 9.37 Å². The number of β-amino-alcohol motifs (C(OH)–C–C–N with tert-alkyl or cyclic N) is 1. The predicted octanol–water partition coefficient (Wildman–Crippen LogP) is 2.13. The fourth-order valence-corrected chi connectivity index (χ4v) is 4.22.